The van der Waals surface area contributed by atoms with Crippen molar-refractivity contribution < 1.29 is 14.4 Å². The SMILES string of the molecule is O=C(NCC(=O)N1CCC[C@H](C(=O)Nc2ccncc2)C1)c1ccccc1. The molecule has 0 aliphatic carbocycles. The number of piperidine rings is 1. The summed E-state index contributed by atoms with van der Waals surface area (Å²) in [6.07, 6.45) is 4.72. The van der Waals surface area contributed by atoms with Gasteiger partial charge in [-0.1, -0.05) is 18.2 Å². The van der Waals surface area contributed by atoms with Gasteiger partial charge in [0.2, 0.25) is 11.8 Å². The first-order valence-electron chi connectivity index (χ1n) is 8.95. The zero-order valence-electron chi connectivity index (χ0n) is 14.9. The molecule has 140 valence electrons. The van der Waals surface area contributed by atoms with Crippen LogP contribution in [0.5, 0.6) is 0 Å². The second-order valence-corrected chi connectivity index (χ2v) is 6.45. The molecule has 1 fully saturated rings. The lowest BCUT2D eigenvalue weighted by Crippen LogP contribution is -2.47. The molecule has 0 radical (unpaired) electrons. The van der Waals surface area contributed by atoms with E-state index in [0.29, 0.717) is 24.3 Å². The molecule has 1 aromatic carbocycles. The van der Waals surface area contributed by atoms with Gasteiger partial charge < -0.3 is 15.5 Å². The van der Waals surface area contributed by atoms with Gasteiger partial charge >= 0.3 is 0 Å². The zero-order valence-corrected chi connectivity index (χ0v) is 14.9. The summed E-state index contributed by atoms with van der Waals surface area (Å²) in [4.78, 5) is 42.5. The highest BCUT2D eigenvalue weighted by Gasteiger charge is 2.28. The van der Waals surface area contributed by atoms with Crippen LogP contribution in [0, 0.1) is 5.92 Å². The second kappa shape index (κ2) is 8.93. The second-order valence-electron chi connectivity index (χ2n) is 6.45. The number of likely N-dealkylation sites (tertiary alicyclic amines) is 1. The Bertz CT molecular complexity index is 795. The van der Waals surface area contributed by atoms with Crippen molar-refractivity contribution in [2.45, 2.75) is 12.8 Å². The average molecular weight is 366 g/mol. The van der Waals surface area contributed by atoms with Gasteiger partial charge in [0.1, 0.15) is 0 Å². The first-order chi connectivity index (χ1) is 13.1. The summed E-state index contributed by atoms with van der Waals surface area (Å²) in [6.45, 7) is 0.877. The molecule has 3 amide bonds. The molecule has 0 unspecified atom stereocenters. The van der Waals surface area contributed by atoms with E-state index in [4.69, 9.17) is 0 Å². The summed E-state index contributed by atoms with van der Waals surface area (Å²) in [5.74, 6) is -0.832. The number of pyridine rings is 1. The maximum atomic E-state index is 12.4. The highest BCUT2D eigenvalue weighted by molar-refractivity contribution is 5.96. The van der Waals surface area contributed by atoms with Gasteiger partial charge in [-0.25, -0.2) is 0 Å². The van der Waals surface area contributed by atoms with Crippen molar-refractivity contribution in [3.8, 4) is 0 Å². The predicted molar refractivity (Wildman–Crippen MR) is 101 cm³/mol. The third kappa shape index (κ3) is 5.13. The molecule has 7 heteroatoms. The lowest BCUT2D eigenvalue weighted by atomic mass is 9.97. The molecule has 0 spiro atoms. The number of amides is 3. The number of rotatable bonds is 5. The lowest BCUT2D eigenvalue weighted by Gasteiger charge is -2.32. The lowest BCUT2D eigenvalue weighted by molar-refractivity contribution is -0.133. The van der Waals surface area contributed by atoms with Crippen LogP contribution in [-0.2, 0) is 9.59 Å². The molecule has 1 aliphatic rings. The quantitative estimate of drug-likeness (QED) is 0.842. The van der Waals surface area contributed by atoms with Crippen molar-refractivity contribution in [2.24, 2.45) is 5.92 Å². The number of anilines is 1. The topological polar surface area (TPSA) is 91.4 Å². The third-order valence-corrected chi connectivity index (χ3v) is 4.53. The highest BCUT2D eigenvalue weighted by atomic mass is 16.2. The van der Waals surface area contributed by atoms with Crippen LogP contribution in [0.15, 0.2) is 54.9 Å². The predicted octanol–water partition coefficient (Wildman–Crippen LogP) is 1.69. The maximum absolute atomic E-state index is 12.4. The van der Waals surface area contributed by atoms with E-state index >= 15 is 0 Å². The van der Waals surface area contributed by atoms with E-state index in [1.54, 1.807) is 53.7 Å². The molecule has 2 heterocycles. The fraction of sp³-hybridized carbons (Fsp3) is 0.300. The number of hydrogen-bond acceptors (Lipinski definition) is 4. The summed E-state index contributed by atoms with van der Waals surface area (Å²) in [5.41, 5.74) is 1.20. The summed E-state index contributed by atoms with van der Waals surface area (Å²) < 4.78 is 0. The van der Waals surface area contributed by atoms with E-state index in [0.717, 1.165) is 12.8 Å². The first-order valence-corrected chi connectivity index (χ1v) is 8.95. The molecule has 2 aromatic rings. The molecular weight excluding hydrogens is 344 g/mol. The number of nitrogens with zero attached hydrogens (tertiary/aromatic N) is 2. The van der Waals surface area contributed by atoms with Crippen LogP contribution in [0.1, 0.15) is 23.2 Å². The summed E-state index contributed by atoms with van der Waals surface area (Å²) in [7, 11) is 0. The summed E-state index contributed by atoms with van der Waals surface area (Å²) in [5, 5.41) is 5.50. The van der Waals surface area contributed by atoms with Crippen molar-refractivity contribution in [1.82, 2.24) is 15.2 Å². The Morgan fingerprint density at radius 1 is 1.07 bits per heavy atom. The van der Waals surface area contributed by atoms with E-state index in [1.807, 2.05) is 6.07 Å². The van der Waals surface area contributed by atoms with E-state index in [1.165, 1.54) is 0 Å². The fourth-order valence-electron chi connectivity index (χ4n) is 3.06. The minimum Gasteiger partial charge on any atom is -0.343 e. The van der Waals surface area contributed by atoms with Crippen molar-refractivity contribution in [2.75, 3.05) is 25.0 Å². The molecule has 27 heavy (non-hydrogen) atoms. The minimum atomic E-state index is -0.284. The van der Waals surface area contributed by atoms with Crippen molar-refractivity contribution in [3.63, 3.8) is 0 Å². The van der Waals surface area contributed by atoms with Crippen LogP contribution in [0.4, 0.5) is 5.69 Å². The Morgan fingerprint density at radius 3 is 2.56 bits per heavy atom. The van der Waals surface area contributed by atoms with Crippen molar-refractivity contribution in [3.05, 3.63) is 60.4 Å². The highest BCUT2D eigenvalue weighted by Crippen LogP contribution is 2.18. The van der Waals surface area contributed by atoms with Crippen LogP contribution in [0.3, 0.4) is 0 Å². The minimum absolute atomic E-state index is 0.0770. The van der Waals surface area contributed by atoms with Crippen molar-refractivity contribution >= 4 is 23.4 Å². The molecule has 0 bridgehead atoms. The smallest absolute Gasteiger partial charge is 0.251 e. The van der Waals surface area contributed by atoms with E-state index in [9.17, 15) is 14.4 Å². The molecule has 1 atom stereocenters. The number of nitrogens with one attached hydrogen (secondary N) is 2. The monoisotopic (exact) mass is 366 g/mol. The average Bonchev–Trinajstić information content (AvgIpc) is 2.73. The molecule has 7 nitrogen and oxygen atoms in total. The number of aromatic nitrogens is 1. The largest absolute Gasteiger partial charge is 0.343 e. The van der Waals surface area contributed by atoms with Gasteiger partial charge in [-0.15, -0.1) is 0 Å². The van der Waals surface area contributed by atoms with Gasteiger partial charge in [-0.3, -0.25) is 19.4 Å². The molecule has 1 aromatic heterocycles. The molecular formula is C20H22N4O3. The van der Waals surface area contributed by atoms with Gasteiger partial charge in [0.25, 0.3) is 5.91 Å². The summed E-state index contributed by atoms with van der Waals surface area (Å²) >= 11 is 0. The number of carbonyl (C=O) groups is 3. The van der Waals surface area contributed by atoms with Gasteiger partial charge in [0, 0.05) is 36.7 Å². The summed E-state index contributed by atoms with van der Waals surface area (Å²) in [6, 6.07) is 12.2. The van der Waals surface area contributed by atoms with Gasteiger partial charge in [0.05, 0.1) is 12.5 Å². The van der Waals surface area contributed by atoms with E-state index in [-0.39, 0.29) is 30.2 Å². The Balaban J connectivity index is 1.50. The van der Waals surface area contributed by atoms with Crippen molar-refractivity contribution in [1.29, 1.82) is 0 Å². The number of hydrogen-bond donors (Lipinski definition) is 2. The van der Waals surface area contributed by atoms with Gasteiger partial charge in [-0.05, 0) is 37.1 Å². The third-order valence-electron chi connectivity index (χ3n) is 4.53. The van der Waals surface area contributed by atoms with Gasteiger partial charge in [-0.2, -0.15) is 0 Å². The van der Waals surface area contributed by atoms with Crippen LogP contribution < -0.4 is 10.6 Å². The number of carbonyl (C=O) groups excluding carboxylic acids is 3. The Morgan fingerprint density at radius 2 is 1.81 bits per heavy atom. The van der Waals surface area contributed by atoms with Crippen LogP contribution in [-0.4, -0.2) is 47.2 Å². The van der Waals surface area contributed by atoms with Crippen LogP contribution in [0.25, 0.3) is 0 Å². The Hall–Kier alpha value is -3.22. The maximum Gasteiger partial charge on any atom is 0.251 e. The van der Waals surface area contributed by atoms with Crippen LogP contribution >= 0.6 is 0 Å². The van der Waals surface area contributed by atoms with E-state index in [2.05, 4.69) is 15.6 Å². The van der Waals surface area contributed by atoms with E-state index < -0.39 is 0 Å². The standard InChI is InChI=1S/C20H22N4O3/c25-18(13-22-19(26)15-5-2-1-3-6-15)24-12-4-7-16(14-24)20(27)23-17-8-10-21-11-9-17/h1-3,5-6,8-11,16H,4,7,12-14H2,(H,22,26)(H,21,23,27)/t16-/m0/s1. The molecule has 2 N–H and O–H groups in total. The molecule has 1 aliphatic heterocycles. The Kier molecular flexibility index (Phi) is 6.14. The first kappa shape index (κ1) is 18.6. The Labute approximate surface area is 157 Å². The molecule has 0 saturated carbocycles. The van der Waals surface area contributed by atoms with Crippen LogP contribution in [0.2, 0.25) is 0 Å². The fourth-order valence-corrected chi connectivity index (χ4v) is 3.06. The zero-order chi connectivity index (χ0) is 19.1. The number of benzene rings is 1. The normalized spacial score (nSPS) is 16.4. The molecule has 3 rings (SSSR count). The van der Waals surface area contributed by atoms with Gasteiger partial charge in [0.15, 0.2) is 0 Å². The molecule has 1 saturated heterocycles.